The Morgan fingerprint density at radius 1 is 1.85 bits per heavy atom. The molecule has 13 heavy (non-hydrogen) atoms. The first-order valence-corrected chi connectivity index (χ1v) is 3.60. The van der Waals surface area contributed by atoms with E-state index >= 15 is 0 Å². The lowest BCUT2D eigenvalue weighted by Crippen LogP contribution is -2.36. The molecule has 0 saturated carbocycles. The maximum atomic E-state index is 11.0. The fourth-order valence-corrected chi connectivity index (χ4v) is 0.527. The molecule has 0 atom stereocenters. The van der Waals surface area contributed by atoms with Gasteiger partial charge in [-0.3, -0.25) is 4.79 Å². The van der Waals surface area contributed by atoms with Crippen LogP contribution in [0.1, 0.15) is 0 Å². The predicted octanol–water partition coefficient (Wildman–Crippen LogP) is -1.09. The van der Waals surface area contributed by atoms with Crippen molar-refractivity contribution in [2.24, 2.45) is 10.9 Å². The molecule has 0 spiro atoms. The van der Waals surface area contributed by atoms with Crippen LogP contribution >= 0.6 is 12.2 Å². The van der Waals surface area contributed by atoms with Crippen molar-refractivity contribution in [1.29, 1.82) is 5.26 Å². The zero-order valence-corrected chi connectivity index (χ0v) is 7.72. The SMILES string of the molecule is CON=C(C#N)C(=O)NCC(N)=S. The Kier molecular flexibility index (Phi) is 5.14. The van der Waals surface area contributed by atoms with Crippen LogP contribution < -0.4 is 11.1 Å². The van der Waals surface area contributed by atoms with Gasteiger partial charge in [-0.25, -0.2) is 0 Å². The molecule has 0 rings (SSSR count). The first-order valence-electron chi connectivity index (χ1n) is 3.19. The van der Waals surface area contributed by atoms with Crippen molar-refractivity contribution in [3.05, 3.63) is 0 Å². The number of carbonyl (C=O) groups is 1. The van der Waals surface area contributed by atoms with Gasteiger partial charge in [0, 0.05) is 0 Å². The minimum atomic E-state index is -0.669. The first-order chi connectivity index (χ1) is 6.11. The second-order valence-electron chi connectivity index (χ2n) is 1.88. The summed E-state index contributed by atoms with van der Waals surface area (Å²) in [7, 11) is 1.23. The summed E-state index contributed by atoms with van der Waals surface area (Å²) in [4.78, 5) is 15.4. The number of thiocarbonyl (C=S) groups is 1. The molecule has 0 aliphatic heterocycles. The summed E-state index contributed by atoms with van der Waals surface area (Å²) >= 11 is 4.51. The number of oxime groups is 1. The van der Waals surface area contributed by atoms with Gasteiger partial charge in [0.05, 0.1) is 11.5 Å². The van der Waals surface area contributed by atoms with E-state index in [0.717, 1.165) is 0 Å². The van der Waals surface area contributed by atoms with Gasteiger partial charge < -0.3 is 15.9 Å². The summed E-state index contributed by atoms with van der Waals surface area (Å²) in [5.74, 6) is -0.669. The molecule has 0 heterocycles. The highest BCUT2D eigenvalue weighted by Gasteiger charge is 2.10. The molecule has 1 amide bonds. The number of hydrogen-bond donors (Lipinski definition) is 2. The lowest BCUT2D eigenvalue weighted by Gasteiger charge is -2.00. The van der Waals surface area contributed by atoms with Crippen LogP contribution in [0.2, 0.25) is 0 Å². The summed E-state index contributed by atoms with van der Waals surface area (Å²) < 4.78 is 0. The number of rotatable bonds is 4. The van der Waals surface area contributed by atoms with Crippen LogP contribution in [0.5, 0.6) is 0 Å². The van der Waals surface area contributed by atoms with Crippen LogP contribution in [-0.4, -0.2) is 30.3 Å². The van der Waals surface area contributed by atoms with E-state index < -0.39 is 5.91 Å². The summed E-state index contributed by atoms with van der Waals surface area (Å²) in [6.07, 6.45) is 0. The van der Waals surface area contributed by atoms with Gasteiger partial charge in [-0.15, -0.1) is 0 Å². The van der Waals surface area contributed by atoms with Crippen LogP contribution in [0.25, 0.3) is 0 Å². The van der Waals surface area contributed by atoms with Gasteiger partial charge in [0.2, 0.25) is 5.71 Å². The Morgan fingerprint density at radius 2 is 2.46 bits per heavy atom. The standard InChI is InChI=1S/C6H8N4O2S/c1-12-10-4(2-7)6(11)9-3-5(8)13/h3H2,1H3,(H2,8,13)(H,9,11). The molecule has 0 bridgehead atoms. The largest absolute Gasteiger partial charge is 0.398 e. The van der Waals surface area contributed by atoms with E-state index in [1.54, 1.807) is 6.07 Å². The van der Waals surface area contributed by atoms with E-state index in [1.165, 1.54) is 7.11 Å². The lowest BCUT2D eigenvalue weighted by molar-refractivity contribution is -0.114. The van der Waals surface area contributed by atoms with E-state index in [1.807, 2.05) is 0 Å². The third-order valence-corrected chi connectivity index (χ3v) is 1.07. The number of nitrogens with one attached hydrogen (secondary N) is 1. The quantitative estimate of drug-likeness (QED) is 0.341. The van der Waals surface area contributed by atoms with E-state index in [2.05, 4.69) is 27.5 Å². The Labute approximate surface area is 80.3 Å². The topological polar surface area (TPSA) is 100 Å². The molecule has 6 nitrogen and oxygen atoms in total. The van der Waals surface area contributed by atoms with Crippen molar-refractivity contribution in [2.75, 3.05) is 13.7 Å². The van der Waals surface area contributed by atoms with Crippen molar-refractivity contribution < 1.29 is 9.63 Å². The normalized spacial score (nSPS) is 10.0. The molecule has 0 aliphatic carbocycles. The Bertz CT molecular complexity index is 281. The number of carbonyl (C=O) groups excluding carboxylic acids is 1. The van der Waals surface area contributed by atoms with Crippen LogP contribution in [0.4, 0.5) is 0 Å². The molecule has 70 valence electrons. The highest BCUT2D eigenvalue weighted by Crippen LogP contribution is 1.79. The molecule has 0 fully saturated rings. The fourth-order valence-electron chi connectivity index (χ4n) is 0.455. The molecule has 3 N–H and O–H groups in total. The second kappa shape index (κ2) is 5.91. The third kappa shape index (κ3) is 4.71. The molecule has 0 saturated heterocycles. The van der Waals surface area contributed by atoms with Crippen LogP contribution in [0.15, 0.2) is 5.16 Å². The van der Waals surface area contributed by atoms with Gasteiger partial charge in [-0.05, 0) is 0 Å². The van der Waals surface area contributed by atoms with Gasteiger partial charge in [-0.2, -0.15) is 5.26 Å². The number of hydrogen-bond acceptors (Lipinski definition) is 5. The van der Waals surface area contributed by atoms with Crippen LogP contribution in [0, 0.1) is 11.3 Å². The van der Waals surface area contributed by atoms with Gasteiger partial charge in [0.1, 0.15) is 13.2 Å². The zero-order chi connectivity index (χ0) is 10.3. The highest BCUT2D eigenvalue weighted by atomic mass is 32.1. The maximum Gasteiger partial charge on any atom is 0.284 e. The van der Waals surface area contributed by atoms with E-state index in [4.69, 9.17) is 11.0 Å². The Morgan fingerprint density at radius 3 is 2.85 bits per heavy atom. The molecule has 0 unspecified atom stereocenters. The van der Waals surface area contributed by atoms with Gasteiger partial charge in [0.25, 0.3) is 5.91 Å². The zero-order valence-electron chi connectivity index (χ0n) is 6.90. The molecule has 0 aromatic heterocycles. The monoisotopic (exact) mass is 200 g/mol. The smallest absolute Gasteiger partial charge is 0.284 e. The molecule has 0 aromatic carbocycles. The molecule has 0 aromatic rings. The molecule has 7 heteroatoms. The van der Waals surface area contributed by atoms with Gasteiger partial charge in [0.15, 0.2) is 0 Å². The Balaban J connectivity index is 4.18. The van der Waals surface area contributed by atoms with Crippen LogP contribution in [0.3, 0.4) is 0 Å². The van der Waals surface area contributed by atoms with Crippen molar-refractivity contribution in [2.45, 2.75) is 0 Å². The molecule has 0 radical (unpaired) electrons. The van der Waals surface area contributed by atoms with E-state index in [9.17, 15) is 4.79 Å². The van der Waals surface area contributed by atoms with Gasteiger partial charge in [-0.1, -0.05) is 17.4 Å². The number of nitrogens with two attached hydrogens (primary N) is 1. The number of nitriles is 1. The highest BCUT2D eigenvalue weighted by molar-refractivity contribution is 7.80. The van der Waals surface area contributed by atoms with Crippen molar-refractivity contribution in [3.8, 4) is 6.07 Å². The summed E-state index contributed by atoms with van der Waals surface area (Å²) in [6, 6.07) is 1.56. The van der Waals surface area contributed by atoms with Crippen LogP contribution in [-0.2, 0) is 9.63 Å². The Hall–Kier alpha value is -1.68. The van der Waals surface area contributed by atoms with Gasteiger partial charge >= 0.3 is 0 Å². The van der Waals surface area contributed by atoms with Crippen molar-refractivity contribution in [3.63, 3.8) is 0 Å². The van der Waals surface area contributed by atoms with E-state index in [0.29, 0.717) is 0 Å². The second-order valence-corrected chi connectivity index (χ2v) is 2.41. The van der Waals surface area contributed by atoms with E-state index in [-0.39, 0.29) is 17.2 Å². The lowest BCUT2D eigenvalue weighted by atomic mass is 10.4. The van der Waals surface area contributed by atoms with Crippen molar-refractivity contribution >= 4 is 28.8 Å². The number of amides is 1. The minimum absolute atomic E-state index is 0.0264. The summed E-state index contributed by atoms with van der Waals surface area (Å²) in [5, 5.41) is 13.9. The summed E-state index contributed by atoms with van der Waals surface area (Å²) in [5.41, 5.74) is 4.74. The van der Waals surface area contributed by atoms with Crippen molar-refractivity contribution in [1.82, 2.24) is 5.32 Å². The minimum Gasteiger partial charge on any atom is -0.398 e. The maximum absolute atomic E-state index is 11.0. The molecular weight excluding hydrogens is 192 g/mol. The predicted molar refractivity (Wildman–Crippen MR) is 49.9 cm³/mol. The fraction of sp³-hybridized carbons (Fsp3) is 0.333. The summed E-state index contributed by atoms with van der Waals surface area (Å²) in [6.45, 7) is 0.0264. The molecular formula is C6H8N4O2S. The molecule has 0 aliphatic rings. The first kappa shape index (κ1) is 11.3. The average Bonchev–Trinajstić information content (AvgIpc) is 2.10. The third-order valence-electron chi connectivity index (χ3n) is 0.927. The average molecular weight is 200 g/mol. The number of nitrogens with zero attached hydrogens (tertiary/aromatic N) is 2.